The third-order valence-corrected chi connectivity index (χ3v) is 2.66. The summed E-state index contributed by atoms with van der Waals surface area (Å²) in [6, 6.07) is 7.72. The zero-order chi connectivity index (χ0) is 12.5. The fraction of sp³-hybridized carbons (Fsp3) is 0.462. The topological polar surface area (TPSA) is 64.3 Å². The summed E-state index contributed by atoms with van der Waals surface area (Å²) in [7, 11) is 0. The van der Waals surface area contributed by atoms with Gasteiger partial charge in [0.1, 0.15) is 5.75 Å². The fourth-order valence-electron chi connectivity index (χ4n) is 1.76. The maximum atomic E-state index is 11.9. The van der Waals surface area contributed by atoms with Gasteiger partial charge in [-0.05, 0) is 25.5 Å². The van der Waals surface area contributed by atoms with Gasteiger partial charge in [-0.15, -0.1) is 0 Å². The van der Waals surface area contributed by atoms with Gasteiger partial charge in [0.05, 0.1) is 0 Å². The maximum Gasteiger partial charge on any atom is 0.261 e. The molecule has 4 heteroatoms. The Balaban J connectivity index is 1.92. The van der Waals surface area contributed by atoms with Gasteiger partial charge in [0.2, 0.25) is 0 Å². The summed E-state index contributed by atoms with van der Waals surface area (Å²) in [5, 5.41) is 2.81. The van der Waals surface area contributed by atoms with Crippen LogP contribution in [0.15, 0.2) is 24.3 Å². The highest BCUT2D eigenvalue weighted by Gasteiger charge is 2.29. The van der Waals surface area contributed by atoms with E-state index in [1.807, 2.05) is 38.1 Å². The molecule has 1 unspecified atom stereocenters. The molecule has 92 valence electrons. The van der Waals surface area contributed by atoms with Crippen molar-refractivity contribution >= 4 is 5.91 Å². The second-order valence-corrected chi connectivity index (χ2v) is 5.12. The lowest BCUT2D eigenvalue weighted by molar-refractivity contribution is -0.127. The number of nitrogens with one attached hydrogen (secondary N) is 1. The molecule has 17 heavy (non-hydrogen) atoms. The molecule has 0 fully saturated rings. The molecule has 1 atom stereocenters. The molecule has 1 aromatic rings. The Morgan fingerprint density at radius 3 is 2.88 bits per heavy atom. The van der Waals surface area contributed by atoms with Gasteiger partial charge in [-0.3, -0.25) is 4.79 Å². The zero-order valence-electron chi connectivity index (χ0n) is 10.2. The SMILES string of the molecule is CC(C)(N)CNC(=O)C1Cc2ccccc2O1. The van der Waals surface area contributed by atoms with Crippen LogP contribution in [0.3, 0.4) is 0 Å². The van der Waals surface area contributed by atoms with E-state index in [0.29, 0.717) is 13.0 Å². The quantitative estimate of drug-likeness (QED) is 0.814. The number of para-hydroxylation sites is 1. The molecule has 0 aliphatic carbocycles. The average Bonchev–Trinajstić information content (AvgIpc) is 2.68. The van der Waals surface area contributed by atoms with E-state index < -0.39 is 11.6 Å². The molecule has 0 bridgehead atoms. The Hall–Kier alpha value is -1.55. The smallest absolute Gasteiger partial charge is 0.261 e. The predicted molar refractivity (Wildman–Crippen MR) is 65.8 cm³/mol. The molecule has 0 saturated heterocycles. The van der Waals surface area contributed by atoms with E-state index in [2.05, 4.69) is 5.32 Å². The van der Waals surface area contributed by atoms with Gasteiger partial charge in [-0.2, -0.15) is 0 Å². The minimum Gasteiger partial charge on any atom is -0.480 e. The monoisotopic (exact) mass is 234 g/mol. The van der Waals surface area contributed by atoms with Crippen LogP contribution in [0.25, 0.3) is 0 Å². The fourth-order valence-corrected chi connectivity index (χ4v) is 1.76. The van der Waals surface area contributed by atoms with Gasteiger partial charge < -0.3 is 15.8 Å². The molecule has 1 aliphatic rings. The lowest BCUT2D eigenvalue weighted by atomic mass is 10.1. The molecule has 1 aromatic carbocycles. The van der Waals surface area contributed by atoms with Crippen LogP contribution >= 0.6 is 0 Å². The second-order valence-electron chi connectivity index (χ2n) is 5.12. The van der Waals surface area contributed by atoms with E-state index in [4.69, 9.17) is 10.5 Å². The van der Waals surface area contributed by atoms with Crippen molar-refractivity contribution in [3.63, 3.8) is 0 Å². The zero-order valence-corrected chi connectivity index (χ0v) is 10.2. The Morgan fingerprint density at radius 1 is 1.53 bits per heavy atom. The molecule has 1 heterocycles. The molecule has 1 amide bonds. The van der Waals surface area contributed by atoms with Crippen molar-refractivity contribution in [1.82, 2.24) is 5.32 Å². The van der Waals surface area contributed by atoms with Crippen LogP contribution in [-0.2, 0) is 11.2 Å². The summed E-state index contributed by atoms with van der Waals surface area (Å²) in [5.41, 5.74) is 6.49. The first-order valence-electron chi connectivity index (χ1n) is 5.77. The highest BCUT2D eigenvalue weighted by Crippen LogP contribution is 2.28. The van der Waals surface area contributed by atoms with Crippen molar-refractivity contribution in [2.24, 2.45) is 5.73 Å². The van der Waals surface area contributed by atoms with Crippen LogP contribution in [0.4, 0.5) is 0 Å². The van der Waals surface area contributed by atoms with Crippen LogP contribution in [0.2, 0.25) is 0 Å². The summed E-state index contributed by atoms with van der Waals surface area (Å²) in [5.74, 6) is 0.708. The average molecular weight is 234 g/mol. The van der Waals surface area contributed by atoms with Gasteiger partial charge in [-0.1, -0.05) is 18.2 Å². The number of carbonyl (C=O) groups is 1. The van der Waals surface area contributed by atoms with Crippen LogP contribution in [0, 0.1) is 0 Å². The maximum absolute atomic E-state index is 11.9. The van der Waals surface area contributed by atoms with Crippen LogP contribution < -0.4 is 15.8 Å². The Bertz CT molecular complexity index is 399. The van der Waals surface area contributed by atoms with Gasteiger partial charge in [0, 0.05) is 18.5 Å². The summed E-state index contributed by atoms with van der Waals surface area (Å²) in [6.07, 6.45) is 0.210. The number of ether oxygens (including phenoxy) is 1. The molecule has 1 aliphatic heterocycles. The Morgan fingerprint density at radius 2 is 2.24 bits per heavy atom. The number of amides is 1. The van der Waals surface area contributed by atoms with E-state index in [1.165, 1.54) is 0 Å². The van der Waals surface area contributed by atoms with E-state index >= 15 is 0 Å². The molecule has 0 aromatic heterocycles. The Labute approximate surface area is 101 Å². The first-order valence-corrected chi connectivity index (χ1v) is 5.77. The van der Waals surface area contributed by atoms with Crippen molar-refractivity contribution in [3.05, 3.63) is 29.8 Å². The minimum absolute atomic E-state index is 0.0975. The normalized spacial score (nSPS) is 18.4. The van der Waals surface area contributed by atoms with Crippen molar-refractivity contribution in [3.8, 4) is 5.75 Å². The minimum atomic E-state index is -0.422. The number of nitrogens with two attached hydrogens (primary N) is 1. The molecular weight excluding hydrogens is 216 g/mol. The number of rotatable bonds is 3. The van der Waals surface area contributed by atoms with Crippen molar-refractivity contribution < 1.29 is 9.53 Å². The van der Waals surface area contributed by atoms with Crippen LogP contribution in [0.1, 0.15) is 19.4 Å². The number of hydrogen-bond donors (Lipinski definition) is 2. The third kappa shape index (κ3) is 2.97. The van der Waals surface area contributed by atoms with E-state index in [0.717, 1.165) is 11.3 Å². The van der Waals surface area contributed by atoms with Crippen LogP contribution in [0.5, 0.6) is 5.75 Å². The lowest BCUT2D eigenvalue weighted by Gasteiger charge is -2.20. The summed E-state index contributed by atoms with van der Waals surface area (Å²) >= 11 is 0. The highest BCUT2D eigenvalue weighted by atomic mass is 16.5. The number of benzene rings is 1. The number of fused-ring (bicyclic) bond motifs is 1. The molecule has 2 rings (SSSR count). The molecule has 0 saturated carbocycles. The summed E-state index contributed by atoms with van der Waals surface area (Å²) in [6.45, 7) is 4.19. The first kappa shape index (κ1) is 11.9. The lowest BCUT2D eigenvalue weighted by Crippen LogP contribution is -2.48. The molecular formula is C13H18N2O2. The van der Waals surface area contributed by atoms with E-state index in [-0.39, 0.29) is 5.91 Å². The first-order chi connectivity index (χ1) is 7.96. The predicted octanol–water partition coefficient (Wildman–Crippen LogP) is 0.844. The van der Waals surface area contributed by atoms with Crippen molar-refractivity contribution in [2.45, 2.75) is 31.9 Å². The van der Waals surface area contributed by atoms with E-state index in [1.54, 1.807) is 0 Å². The Kier molecular flexibility index (Phi) is 3.07. The van der Waals surface area contributed by atoms with Gasteiger partial charge in [0.15, 0.2) is 6.10 Å². The van der Waals surface area contributed by atoms with Crippen molar-refractivity contribution in [2.75, 3.05) is 6.54 Å². The molecule has 0 radical (unpaired) electrons. The van der Waals surface area contributed by atoms with Crippen molar-refractivity contribution in [1.29, 1.82) is 0 Å². The third-order valence-electron chi connectivity index (χ3n) is 2.66. The van der Waals surface area contributed by atoms with Crippen LogP contribution in [-0.4, -0.2) is 24.1 Å². The van der Waals surface area contributed by atoms with E-state index in [9.17, 15) is 4.79 Å². The summed E-state index contributed by atoms with van der Waals surface area (Å²) < 4.78 is 5.58. The van der Waals surface area contributed by atoms with Gasteiger partial charge in [-0.25, -0.2) is 0 Å². The molecule has 0 spiro atoms. The molecule has 3 N–H and O–H groups in total. The largest absolute Gasteiger partial charge is 0.480 e. The number of carbonyl (C=O) groups excluding carboxylic acids is 1. The van der Waals surface area contributed by atoms with Gasteiger partial charge >= 0.3 is 0 Å². The molecule has 4 nitrogen and oxygen atoms in total. The second kappa shape index (κ2) is 4.37. The summed E-state index contributed by atoms with van der Waals surface area (Å²) in [4.78, 5) is 11.9. The van der Waals surface area contributed by atoms with Gasteiger partial charge in [0.25, 0.3) is 5.91 Å². The number of hydrogen-bond acceptors (Lipinski definition) is 3. The standard InChI is InChI=1S/C13H18N2O2/c1-13(2,14)8-15-12(16)11-7-9-5-3-4-6-10(9)17-11/h3-6,11H,7-8,14H2,1-2H3,(H,15,16). The highest BCUT2D eigenvalue weighted by molar-refractivity contribution is 5.82.